The molecular formula is C12H21N3O. The van der Waals surface area contributed by atoms with E-state index in [4.69, 9.17) is 5.73 Å². The van der Waals surface area contributed by atoms with Crippen LogP contribution in [0.2, 0.25) is 0 Å². The highest BCUT2D eigenvalue weighted by molar-refractivity contribution is 5.47. The van der Waals surface area contributed by atoms with Crippen LogP contribution in [0.5, 0.6) is 0 Å². The van der Waals surface area contributed by atoms with Crippen molar-refractivity contribution in [3.05, 3.63) is 23.9 Å². The fourth-order valence-corrected chi connectivity index (χ4v) is 1.74. The maximum atomic E-state index is 9.78. The average molecular weight is 223 g/mol. The van der Waals surface area contributed by atoms with Crippen molar-refractivity contribution in [2.45, 2.75) is 32.4 Å². The summed E-state index contributed by atoms with van der Waals surface area (Å²) in [6, 6.07) is 3.78. The molecule has 3 N–H and O–H groups in total. The molecule has 0 aliphatic rings. The summed E-state index contributed by atoms with van der Waals surface area (Å²) in [5.41, 5.74) is 6.13. The molecule has 0 saturated carbocycles. The van der Waals surface area contributed by atoms with Crippen molar-refractivity contribution < 1.29 is 5.11 Å². The quantitative estimate of drug-likeness (QED) is 0.808. The fraction of sp³-hybridized carbons (Fsp3) is 0.583. The van der Waals surface area contributed by atoms with E-state index in [-0.39, 0.29) is 6.04 Å². The van der Waals surface area contributed by atoms with Crippen LogP contribution in [0.15, 0.2) is 18.3 Å². The monoisotopic (exact) mass is 223 g/mol. The minimum absolute atomic E-state index is 0.0621. The molecule has 16 heavy (non-hydrogen) atoms. The zero-order chi connectivity index (χ0) is 12.3. The number of aromatic nitrogens is 1. The van der Waals surface area contributed by atoms with Gasteiger partial charge >= 0.3 is 0 Å². The maximum absolute atomic E-state index is 9.78. The highest BCUT2D eigenvalue weighted by Gasteiger charge is 2.19. The molecule has 1 heterocycles. The van der Waals surface area contributed by atoms with E-state index in [0.29, 0.717) is 6.54 Å². The van der Waals surface area contributed by atoms with Gasteiger partial charge in [0, 0.05) is 31.4 Å². The van der Waals surface area contributed by atoms with Crippen LogP contribution in [0.25, 0.3) is 0 Å². The minimum Gasteiger partial charge on any atom is -0.389 e. The molecular weight excluding hydrogens is 202 g/mol. The summed E-state index contributed by atoms with van der Waals surface area (Å²) < 4.78 is 0. The fourth-order valence-electron chi connectivity index (χ4n) is 1.74. The molecule has 1 atom stereocenters. The smallest absolute Gasteiger partial charge is 0.133 e. The number of nitrogens with zero attached hydrogens (tertiary/aromatic N) is 2. The SMILES string of the molecule is C[C@H](N)c1cccnc1N(C)CC(C)(C)O. The van der Waals surface area contributed by atoms with Gasteiger partial charge in [-0.2, -0.15) is 0 Å². The van der Waals surface area contributed by atoms with Crippen LogP contribution in [0.1, 0.15) is 32.4 Å². The van der Waals surface area contributed by atoms with Gasteiger partial charge in [0.15, 0.2) is 0 Å². The van der Waals surface area contributed by atoms with E-state index in [1.54, 1.807) is 20.0 Å². The first-order valence-electron chi connectivity index (χ1n) is 5.45. The predicted molar refractivity (Wildman–Crippen MR) is 66.4 cm³/mol. The normalized spacial score (nSPS) is 13.6. The molecule has 1 aromatic heterocycles. The summed E-state index contributed by atoms with van der Waals surface area (Å²) in [5.74, 6) is 0.833. The van der Waals surface area contributed by atoms with Crippen LogP contribution in [0.4, 0.5) is 5.82 Å². The van der Waals surface area contributed by atoms with Gasteiger partial charge in [0.2, 0.25) is 0 Å². The second-order valence-electron chi connectivity index (χ2n) is 4.87. The summed E-state index contributed by atoms with van der Waals surface area (Å²) in [6.45, 7) is 6.00. The Morgan fingerprint density at radius 2 is 2.19 bits per heavy atom. The van der Waals surface area contributed by atoms with E-state index in [1.165, 1.54) is 0 Å². The lowest BCUT2D eigenvalue weighted by Crippen LogP contribution is -2.37. The van der Waals surface area contributed by atoms with E-state index >= 15 is 0 Å². The van der Waals surface area contributed by atoms with Crippen LogP contribution in [-0.4, -0.2) is 29.3 Å². The molecule has 0 aliphatic carbocycles. The number of hydrogen-bond donors (Lipinski definition) is 2. The lowest BCUT2D eigenvalue weighted by atomic mass is 10.1. The lowest BCUT2D eigenvalue weighted by Gasteiger charge is -2.28. The molecule has 0 spiro atoms. The van der Waals surface area contributed by atoms with Gasteiger partial charge in [0.25, 0.3) is 0 Å². The molecule has 0 radical (unpaired) electrons. The Morgan fingerprint density at radius 1 is 1.56 bits per heavy atom. The van der Waals surface area contributed by atoms with Gasteiger partial charge in [-0.1, -0.05) is 6.07 Å². The van der Waals surface area contributed by atoms with Crippen molar-refractivity contribution in [2.24, 2.45) is 5.73 Å². The molecule has 1 rings (SSSR count). The first-order valence-corrected chi connectivity index (χ1v) is 5.45. The number of rotatable bonds is 4. The Balaban J connectivity index is 2.95. The third kappa shape index (κ3) is 3.47. The Morgan fingerprint density at radius 3 is 2.69 bits per heavy atom. The molecule has 90 valence electrons. The van der Waals surface area contributed by atoms with Gasteiger partial charge in [0.05, 0.1) is 5.60 Å². The molecule has 0 bridgehead atoms. The van der Waals surface area contributed by atoms with E-state index < -0.39 is 5.60 Å². The number of anilines is 1. The molecule has 4 nitrogen and oxygen atoms in total. The number of hydrogen-bond acceptors (Lipinski definition) is 4. The first-order chi connectivity index (χ1) is 7.31. The Hall–Kier alpha value is -1.13. The standard InChI is InChI=1S/C12H21N3O/c1-9(13)10-6-5-7-14-11(10)15(4)8-12(2,3)16/h5-7,9,16H,8,13H2,1-4H3/t9-/m0/s1. The molecule has 4 heteroatoms. The number of pyridine rings is 1. The van der Waals surface area contributed by atoms with Crippen molar-refractivity contribution >= 4 is 5.82 Å². The van der Waals surface area contributed by atoms with Crippen LogP contribution in [0.3, 0.4) is 0 Å². The summed E-state index contributed by atoms with van der Waals surface area (Å²) >= 11 is 0. The van der Waals surface area contributed by atoms with Gasteiger partial charge in [0.1, 0.15) is 5.82 Å². The van der Waals surface area contributed by atoms with E-state index in [9.17, 15) is 5.11 Å². The van der Waals surface area contributed by atoms with Crippen molar-refractivity contribution in [1.29, 1.82) is 0 Å². The molecule has 0 saturated heterocycles. The molecule has 0 aromatic carbocycles. The van der Waals surface area contributed by atoms with Crippen molar-refractivity contribution in [3.8, 4) is 0 Å². The maximum Gasteiger partial charge on any atom is 0.133 e. The number of aliphatic hydroxyl groups is 1. The predicted octanol–water partition coefficient (Wildman–Crippen LogP) is 1.31. The van der Waals surface area contributed by atoms with Crippen LogP contribution in [0, 0.1) is 0 Å². The molecule has 1 aromatic rings. The average Bonchev–Trinajstić information content (AvgIpc) is 2.15. The third-order valence-electron chi connectivity index (χ3n) is 2.29. The topological polar surface area (TPSA) is 62.4 Å². The molecule has 0 fully saturated rings. The summed E-state index contributed by atoms with van der Waals surface area (Å²) in [4.78, 5) is 6.25. The molecule has 0 unspecified atom stereocenters. The van der Waals surface area contributed by atoms with E-state index in [2.05, 4.69) is 4.98 Å². The lowest BCUT2D eigenvalue weighted by molar-refractivity contribution is 0.0884. The van der Waals surface area contributed by atoms with Gasteiger partial charge < -0.3 is 15.7 Å². The van der Waals surface area contributed by atoms with Crippen molar-refractivity contribution in [1.82, 2.24) is 4.98 Å². The Kier molecular flexibility index (Phi) is 3.88. The van der Waals surface area contributed by atoms with E-state index in [0.717, 1.165) is 11.4 Å². The highest BCUT2D eigenvalue weighted by atomic mass is 16.3. The van der Waals surface area contributed by atoms with Crippen LogP contribution < -0.4 is 10.6 Å². The minimum atomic E-state index is -0.749. The number of nitrogens with two attached hydrogens (primary N) is 1. The second kappa shape index (κ2) is 4.80. The number of likely N-dealkylation sites (N-methyl/N-ethyl adjacent to an activating group) is 1. The third-order valence-corrected chi connectivity index (χ3v) is 2.29. The zero-order valence-electron chi connectivity index (χ0n) is 10.4. The van der Waals surface area contributed by atoms with Gasteiger partial charge in [-0.3, -0.25) is 0 Å². The van der Waals surface area contributed by atoms with Crippen LogP contribution in [-0.2, 0) is 0 Å². The second-order valence-corrected chi connectivity index (χ2v) is 4.87. The van der Waals surface area contributed by atoms with Crippen LogP contribution >= 0.6 is 0 Å². The van der Waals surface area contributed by atoms with Crippen molar-refractivity contribution in [2.75, 3.05) is 18.5 Å². The summed E-state index contributed by atoms with van der Waals surface area (Å²) in [6.07, 6.45) is 1.74. The van der Waals surface area contributed by atoms with Gasteiger partial charge in [-0.25, -0.2) is 4.98 Å². The van der Waals surface area contributed by atoms with Gasteiger partial charge in [-0.15, -0.1) is 0 Å². The molecule has 0 aliphatic heterocycles. The zero-order valence-corrected chi connectivity index (χ0v) is 10.4. The summed E-state index contributed by atoms with van der Waals surface area (Å²) in [5, 5.41) is 9.78. The summed E-state index contributed by atoms with van der Waals surface area (Å²) in [7, 11) is 1.91. The largest absolute Gasteiger partial charge is 0.389 e. The highest BCUT2D eigenvalue weighted by Crippen LogP contribution is 2.22. The van der Waals surface area contributed by atoms with E-state index in [1.807, 2.05) is 31.0 Å². The van der Waals surface area contributed by atoms with Crippen molar-refractivity contribution in [3.63, 3.8) is 0 Å². The first kappa shape index (κ1) is 12.9. The Labute approximate surface area is 97.1 Å². The Bertz CT molecular complexity index is 344. The molecule has 0 amide bonds. The van der Waals surface area contributed by atoms with Gasteiger partial charge in [-0.05, 0) is 26.8 Å².